The van der Waals surface area contributed by atoms with Gasteiger partial charge in [0.05, 0.1) is 18.6 Å². The Morgan fingerprint density at radius 3 is 2.62 bits per heavy atom. The van der Waals surface area contributed by atoms with Crippen molar-refractivity contribution in [1.29, 1.82) is 0 Å². The van der Waals surface area contributed by atoms with Crippen LogP contribution in [0.4, 0.5) is 16.4 Å². The van der Waals surface area contributed by atoms with Crippen molar-refractivity contribution >= 4 is 35.3 Å². The minimum absolute atomic E-state index is 0.0372. The van der Waals surface area contributed by atoms with Crippen molar-refractivity contribution in [3.05, 3.63) is 54.5 Å². The van der Waals surface area contributed by atoms with Gasteiger partial charge in [-0.3, -0.25) is 14.7 Å². The molecule has 0 aliphatic carbocycles. The number of nitrogens with zero attached hydrogens (tertiary/aromatic N) is 4. The van der Waals surface area contributed by atoms with E-state index in [1.165, 1.54) is 11.8 Å². The van der Waals surface area contributed by atoms with E-state index in [9.17, 15) is 9.59 Å². The summed E-state index contributed by atoms with van der Waals surface area (Å²) in [6.45, 7) is 4.57. The number of nitrogens with one attached hydrogen (secondary N) is 2. The molecule has 1 aromatic carbocycles. The number of carbonyl (C=O) groups excluding carboxylic acids is 2. The van der Waals surface area contributed by atoms with E-state index in [4.69, 9.17) is 4.42 Å². The highest BCUT2D eigenvalue weighted by Gasteiger charge is 2.24. The Kier molecular flexibility index (Phi) is 7.10. The number of imide groups is 1. The lowest BCUT2D eigenvalue weighted by Crippen LogP contribution is -2.35. The lowest BCUT2D eigenvalue weighted by Gasteiger charge is -2.31. The van der Waals surface area contributed by atoms with Crippen LogP contribution in [0, 0.1) is 5.92 Å². The summed E-state index contributed by atoms with van der Waals surface area (Å²) in [4.78, 5) is 26.6. The number of aromatic nitrogens is 3. The normalized spacial score (nSPS) is 14.3. The molecule has 0 radical (unpaired) electrons. The fourth-order valence-electron chi connectivity index (χ4n) is 3.50. The van der Waals surface area contributed by atoms with Gasteiger partial charge in [0.25, 0.3) is 0 Å². The van der Waals surface area contributed by atoms with E-state index in [0.29, 0.717) is 23.3 Å². The molecule has 9 nitrogen and oxygen atoms in total. The predicted octanol–water partition coefficient (Wildman–Crippen LogP) is 3.60. The molecule has 168 valence electrons. The second kappa shape index (κ2) is 10.4. The van der Waals surface area contributed by atoms with E-state index in [2.05, 4.69) is 32.7 Å². The number of thioether (sulfide) groups is 1. The van der Waals surface area contributed by atoms with Gasteiger partial charge in [0.15, 0.2) is 5.16 Å². The quantitative estimate of drug-likeness (QED) is 0.526. The van der Waals surface area contributed by atoms with E-state index < -0.39 is 11.9 Å². The number of urea groups is 1. The number of anilines is 2. The molecule has 1 saturated heterocycles. The molecule has 0 saturated carbocycles. The third kappa shape index (κ3) is 5.70. The van der Waals surface area contributed by atoms with Crippen LogP contribution < -0.4 is 15.5 Å². The molecule has 0 bridgehead atoms. The zero-order valence-electron chi connectivity index (χ0n) is 17.9. The van der Waals surface area contributed by atoms with Gasteiger partial charge in [-0.2, -0.15) is 0 Å². The van der Waals surface area contributed by atoms with Crippen LogP contribution in [-0.4, -0.2) is 45.5 Å². The van der Waals surface area contributed by atoms with Crippen LogP contribution in [0.3, 0.4) is 0 Å². The van der Waals surface area contributed by atoms with Crippen molar-refractivity contribution in [1.82, 2.24) is 20.1 Å². The summed E-state index contributed by atoms with van der Waals surface area (Å²) in [6, 6.07) is 12.1. The number of amides is 3. The molecule has 1 aliphatic heterocycles. The van der Waals surface area contributed by atoms with Gasteiger partial charge in [0, 0.05) is 18.8 Å². The maximum atomic E-state index is 12.3. The van der Waals surface area contributed by atoms with Crippen LogP contribution in [0.1, 0.15) is 25.5 Å². The average molecular weight is 455 g/mol. The molecule has 2 aromatic heterocycles. The summed E-state index contributed by atoms with van der Waals surface area (Å²) < 4.78 is 7.49. The van der Waals surface area contributed by atoms with E-state index >= 15 is 0 Å². The number of benzene rings is 1. The Balaban J connectivity index is 1.40. The summed E-state index contributed by atoms with van der Waals surface area (Å²) in [5.74, 6) is 1.88. The van der Waals surface area contributed by atoms with Gasteiger partial charge in [-0.05, 0) is 43.0 Å². The largest absolute Gasteiger partial charge is 0.467 e. The lowest BCUT2D eigenvalue weighted by molar-refractivity contribution is -0.117. The molecular weight excluding hydrogens is 428 g/mol. The SMILES string of the molecule is CC1CCN(c2nnc(SCC(=O)NC(=O)Nc3ccccc3)n2Cc2ccco2)CC1. The van der Waals surface area contributed by atoms with Crippen molar-refractivity contribution in [3.63, 3.8) is 0 Å². The first kappa shape index (κ1) is 21.9. The minimum Gasteiger partial charge on any atom is -0.467 e. The molecule has 3 amide bonds. The van der Waals surface area contributed by atoms with Gasteiger partial charge < -0.3 is 14.6 Å². The van der Waals surface area contributed by atoms with Crippen LogP contribution in [-0.2, 0) is 11.3 Å². The number of para-hydroxylation sites is 1. The second-order valence-electron chi connectivity index (χ2n) is 7.77. The standard InChI is InChI=1S/C22H26N6O3S/c1-16-9-11-27(12-10-16)21-25-26-22(28(21)14-18-8-5-13-31-18)32-15-19(29)24-20(30)23-17-6-3-2-4-7-17/h2-8,13,16H,9-12,14-15H2,1H3,(H2,23,24,29,30). The smallest absolute Gasteiger partial charge is 0.325 e. The van der Waals surface area contributed by atoms with Crippen LogP contribution >= 0.6 is 11.8 Å². The predicted molar refractivity (Wildman–Crippen MR) is 123 cm³/mol. The molecule has 3 aromatic rings. The van der Waals surface area contributed by atoms with Crippen LogP contribution in [0.15, 0.2) is 58.3 Å². The second-order valence-corrected chi connectivity index (χ2v) is 8.72. The maximum Gasteiger partial charge on any atom is 0.325 e. The van der Waals surface area contributed by atoms with Crippen molar-refractivity contribution < 1.29 is 14.0 Å². The Morgan fingerprint density at radius 2 is 1.91 bits per heavy atom. The van der Waals surface area contributed by atoms with Gasteiger partial charge in [0.1, 0.15) is 5.76 Å². The monoisotopic (exact) mass is 454 g/mol. The summed E-state index contributed by atoms with van der Waals surface area (Å²) in [7, 11) is 0. The zero-order chi connectivity index (χ0) is 22.3. The number of rotatable bonds is 7. The third-order valence-corrected chi connectivity index (χ3v) is 6.24. The van der Waals surface area contributed by atoms with E-state index in [1.54, 1.807) is 30.5 Å². The van der Waals surface area contributed by atoms with Crippen LogP contribution in [0.2, 0.25) is 0 Å². The molecule has 4 rings (SSSR count). The number of piperidine rings is 1. The van der Waals surface area contributed by atoms with E-state index in [1.807, 2.05) is 22.8 Å². The van der Waals surface area contributed by atoms with Crippen molar-refractivity contribution in [2.24, 2.45) is 5.92 Å². The minimum atomic E-state index is -0.568. The first-order valence-electron chi connectivity index (χ1n) is 10.6. The molecule has 0 unspecified atom stereocenters. The highest BCUT2D eigenvalue weighted by atomic mass is 32.2. The fraction of sp³-hybridized carbons (Fsp3) is 0.364. The Morgan fingerprint density at radius 1 is 1.12 bits per heavy atom. The topological polar surface area (TPSA) is 105 Å². The Labute approximate surface area is 190 Å². The molecule has 32 heavy (non-hydrogen) atoms. The van der Waals surface area contributed by atoms with Crippen molar-refractivity contribution in [3.8, 4) is 0 Å². The molecule has 1 fully saturated rings. The Bertz CT molecular complexity index is 1030. The summed E-state index contributed by atoms with van der Waals surface area (Å²) in [5.41, 5.74) is 0.615. The third-order valence-electron chi connectivity index (χ3n) is 5.27. The van der Waals surface area contributed by atoms with Gasteiger partial charge in [-0.25, -0.2) is 4.79 Å². The van der Waals surface area contributed by atoms with E-state index in [0.717, 1.165) is 37.6 Å². The average Bonchev–Trinajstić information content (AvgIpc) is 3.44. The number of hydrogen-bond donors (Lipinski definition) is 2. The van der Waals surface area contributed by atoms with Gasteiger partial charge in [0.2, 0.25) is 11.9 Å². The molecule has 3 heterocycles. The fourth-order valence-corrected chi connectivity index (χ4v) is 4.24. The first-order chi connectivity index (χ1) is 15.6. The zero-order valence-corrected chi connectivity index (χ0v) is 18.7. The van der Waals surface area contributed by atoms with Gasteiger partial charge in [-0.1, -0.05) is 36.9 Å². The maximum absolute atomic E-state index is 12.3. The lowest BCUT2D eigenvalue weighted by atomic mass is 10.00. The highest BCUT2D eigenvalue weighted by Crippen LogP contribution is 2.27. The molecule has 0 atom stereocenters. The van der Waals surface area contributed by atoms with Crippen molar-refractivity contribution in [2.45, 2.75) is 31.5 Å². The van der Waals surface area contributed by atoms with Crippen molar-refractivity contribution in [2.75, 3.05) is 29.1 Å². The number of furan rings is 1. The number of carbonyl (C=O) groups is 2. The summed E-state index contributed by atoms with van der Waals surface area (Å²) >= 11 is 1.24. The molecule has 0 spiro atoms. The molecule has 1 aliphatic rings. The first-order valence-corrected chi connectivity index (χ1v) is 11.6. The molecular formula is C22H26N6O3S. The molecule has 10 heteroatoms. The molecule has 2 N–H and O–H groups in total. The van der Waals surface area contributed by atoms with Gasteiger partial charge in [-0.15, -0.1) is 10.2 Å². The summed E-state index contributed by atoms with van der Waals surface area (Å²) in [5, 5.41) is 14.3. The Hall–Kier alpha value is -3.27. The van der Waals surface area contributed by atoms with E-state index in [-0.39, 0.29) is 5.75 Å². The van der Waals surface area contributed by atoms with Gasteiger partial charge >= 0.3 is 6.03 Å². The number of hydrogen-bond acceptors (Lipinski definition) is 7. The summed E-state index contributed by atoms with van der Waals surface area (Å²) in [6.07, 6.45) is 3.84. The van der Waals surface area contributed by atoms with Crippen LogP contribution in [0.5, 0.6) is 0 Å². The van der Waals surface area contributed by atoms with Crippen LogP contribution in [0.25, 0.3) is 0 Å². The highest BCUT2D eigenvalue weighted by molar-refractivity contribution is 7.99.